The fourth-order valence-corrected chi connectivity index (χ4v) is 1.16. The molecular weight excluding hydrogens is 180 g/mol. The number of hydrogen-bond acceptors (Lipinski definition) is 3. The van der Waals surface area contributed by atoms with Crippen LogP contribution >= 0.6 is 0 Å². The second-order valence-electron chi connectivity index (χ2n) is 2.93. The molecule has 1 aliphatic heterocycles. The van der Waals surface area contributed by atoms with E-state index in [0.717, 1.165) is 5.56 Å². The summed E-state index contributed by atoms with van der Waals surface area (Å²) >= 11 is 0. The van der Waals surface area contributed by atoms with Gasteiger partial charge in [0.05, 0.1) is 6.61 Å². The van der Waals surface area contributed by atoms with Crippen molar-refractivity contribution in [3.63, 3.8) is 0 Å². The van der Waals surface area contributed by atoms with Crippen LogP contribution in [0.2, 0.25) is 0 Å². The molecule has 0 aliphatic carbocycles. The van der Waals surface area contributed by atoms with E-state index in [1.807, 2.05) is 30.3 Å². The van der Waals surface area contributed by atoms with E-state index in [4.69, 9.17) is 14.2 Å². The average molecular weight is 192 g/mol. The summed E-state index contributed by atoms with van der Waals surface area (Å²) in [4.78, 5) is 0. The third kappa shape index (κ3) is 2.50. The van der Waals surface area contributed by atoms with Gasteiger partial charge in [-0.25, -0.2) is 0 Å². The molecule has 2 rings (SSSR count). The van der Waals surface area contributed by atoms with Crippen molar-refractivity contribution in [3.8, 4) is 0 Å². The molecule has 0 radical (unpaired) electrons. The molecule has 0 unspecified atom stereocenters. The van der Waals surface area contributed by atoms with Crippen LogP contribution in [0.5, 0.6) is 0 Å². The zero-order valence-corrected chi connectivity index (χ0v) is 7.81. The Bertz CT molecular complexity index is 306. The van der Waals surface area contributed by atoms with E-state index in [9.17, 15) is 0 Å². The molecule has 3 heteroatoms. The topological polar surface area (TPSA) is 27.7 Å². The third-order valence-electron chi connectivity index (χ3n) is 1.88. The van der Waals surface area contributed by atoms with E-state index in [-0.39, 0.29) is 6.79 Å². The predicted molar refractivity (Wildman–Crippen MR) is 51.2 cm³/mol. The standard InChI is InChI=1S/C11H12O3/c1-2-4-10(5-3-1)8-13-11-6-7-12-9-14-11/h1-6H,7-9H2. The summed E-state index contributed by atoms with van der Waals surface area (Å²) in [5.41, 5.74) is 1.13. The number of ether oxygens (including phenoxy) is 3. The Labute approximate surface area is 82.9 Å². The van der Waals surface area contributed by atoms with E-state index in [1.165, 1.54) is 0 Å². The lowest BCUT2D eigenvalue weighted by atomic mass is 10.2. The van der Waals surface area contributed by atoms with Gasteiger partial charge >= 0.3 is 0 Å². The van der Waals surface area contributed by atoms with Crippen molar-refractivity contribution in [2.24, 2.45) is 0 Å². The Morgan fingerprint density at radius 2 is 2.07 bits per heavy atom. The lowest BCUT2D eigenvalue weighted by Gasteiger charge is -2.15. The molecule has 0 bridgehead atoms. The molecule has 1 heterocycles. The summed E-state index contributed by atoms with van der Waals surface area (Å²) in [5, 5.41) is 0. The molecule has 14 heavy (non-hydrogen) atoms. The van der Waals surface area contributed by atoms with Crippen LogP contribution in [0.25, 0.3) is 0 Å². The molecule has 0 spiro atoms. The first-order valence-corrected chi connectivity index (χ1v) is 4.52. The Hall–Kier alpha value is -1.48. The fraction of sp³-hybridized carbons (Fsp3) is 0.273. The smallest absolute Gasteiger partial charge is 0.279 e. The normalized spacial score (nSPS) is 15.6. The second kappa shape index (κ2) is 4.67. The van der Waals surface area contributed by atoms with Gasteiger partial charge in [-0.15, -0.1) is 0 Å². The van der Waals surface area contributed by atoms with E-state index < -0.39 is 0 Å². The maximum atomic E-state index is 5.43. The highest BCUT2D eigenvalue weighted by atomic mass is 16.7. The molecule has 0 N–H and O–H groups in total. The van der Waals surface area contributed by atoms with Gasteiger partial charge in [0.1, 0.15) is 6.61 Å². The van der Waals surface area contributed by atoms with Crippen molar-refractivity contribution in [2.45, 2.75) is 6.61 Å². The molecular formula is C11H12O3. The highest BCUT2D eigenvalue weighted by Crippen LogP contribution is 2.09. The molecule has 0 saturated heterocycles. The minimum absolute atomic E-state index is 0.278. The average Bonchev–Trinajstić information content (AvgIpc) is 2.29. The summed E-state index contributed by atoms with van der Waals surface area (Å²) in [5.74, 6) is 0.556. The molecule has 1 aliphatic rings. The fourth-order valence-electron chi connectivity index (χ4n) is 1.16. The molecule has 0 aromatic heterocycles. The SMILES string of the molecule is C1=C(OCc2ccccc2)OCOC1. The number of benzene rings is 1. The zero-order valence-electron chi connectivity index (χ0n) is 7.81. The van der Waals surface area contributed by atoms with Crippen molar-refractivity contribution in [1.29, 1.82) is 0 Å². The van der Waals surface area contributed by atoms with Crippen molar-refractivity contribution in [1.82, 2.24) is 0 Å². The predicted octanol–water partition coefficient (Wildman–Crippen LogP) is 2.05. The molecule has 1 aromatic carbocycles. The minimum Gasteiger partial charge on any atom is -0.461 e. The molecule has 0 atom stereocenters. The van der Waals surface area contributed by atoms with Crippen LogP contribution in [-0.4, -0.2) is 13.4 Å². The summed E-state index contributed by atoms with van der Waals surface area (Å²) in [6.07, 6.45) is 1.78. The van der Waals surface area contributed by atoms with Gasteiger partial charge in [0.25, 0.3) is 5.95 Å². The van der Waals surface area contributed by atoms with Gasteiger partial charge in [-0.05, 0) is 5.56 Å². The number of rotatable bonds is 3. The summed E-state index contributed by atoms with van der Waals surface area (Å²) in [6, 6.07) is 9.98. The van der Waals surface area contributed by atoms with Gasteiger partial charge in [0.15, 0.2) is 6.79 Å². The van der Waals surface area contributed by atoms with Gasteiger partial charge in [-0.1, -0.05) is 30.3 Å². The highest BCUT2D eigenvalue weighted by Gasteiger charge is 2.04. The Morgan fingerprint density at radius 3 is 2.79 bits per heavy atom. The molecule has 0 saturated carbocycles. The van der Waals surface area contributed by atoms with Gasteiger partial charge < -0.3 is 14.2 Å². The van der Waals surface area contributed by atoms with E-state index in [0.29, 0.717) is 19.2 Å². The molecule has 3 nitrogen and oxygen atoms in total. The summed E-state index contributed by atoms with van der Waals surface area (Å²) in [7, 11) is 0. The van der Waals surface area contributed by atoms with Gasteiger partial charge in [0, 0.05) is 6.08 Å². The summed E-state index contributed by atoms with van der Waals surface area (Å²) in [6.45, 7) is 1.37. The Kier molecular flexibility index (Phi) is 3.03. The number of hydrogen-bond donors (Lipinski definition) is 0. The third-order valence-corrected chi connectivity index (χ3v) is 1.88. The van der Waals surface area contributed by atoms with Crippen LogP contribution in [0.1, 0.15) is 5.56 Å². The maximum absolute atomic E-state index is 5.43. The first-order valence-electron chi connectivity index (χ1n) is 4.52. The van der Waals surface area contributed by atoms with Crippen LogP contribution in [0.4, 0.5) is 0 Å². The van der Waals surface area contributed by atoms with Crippen molar-refractivity contribution in [2.75, 3.05) is 13.4 Å². The van der Waals surface area contributed by atoms with Gasteiger partial charge in [-0.3, -0.25) is 0 Å². The van der Waals surface area contributed by atoms with Crippen molar-refractivity contribution < 1.29 is 14.2 Å². The first-order chi connectivity index (χ1) is 6.95. The van der Waals surface area contributed by atoms with E-state index >= 15 is 0 Å². The monoisotopic (exact) mass is 192 g/mol. The first kappa shape index (κ1) is 9.09. The largest absolute Gasteiger partial charge is 0.461 e. The lowest BCUT2D eigenvalue weighted by Crippen LogP contribution is -2.09. The van der Waals surface area contributed by atoms with Crippen molar-refractivity contribution in [3.05, 3.63) is 47.9 Å². The molecule has 1 aromatic rings. The van der Waals surface area contributed by atoms with E-state index in [2.05, 4.69) is 0 Å². The van der Waals surface area contributed by atoms with E-state index in [1.54, 1.807) is 6.08 Å². The lowest BCUT2D eigenvalue weighted by molar-refractivity contribution is -0.0909. The van der Waals surface area contributed by atoms with Crippen LogP contribution < -0.4 is 0 Å². The molecule has 74 valence electrons. The second-order valence-corrected chi connectivity index (χ2v) is 2.93. The van der Waals surface area contributed by atoms with Crippen molar-refractivity contribution >= 4 is 0 Å². The maximum Gasteiger partial charge on any atom is 0.279 e. The van der Waals surface area contributed by atoms with Gasteiger partial charge in [0.2, 0.25) is 0 Å². The Balaban J connectivity index is 1.85. The molecule has 0 fully saturated rings. The van der Waals surface area contributed by atoms with Crippen LogP contribution in [0.15, 0.2) is 42.4 Å². The quantitative estimate of drug-likeness (QED) is 0.733. The highest BCUT2D eigenvalue weighted by molar-refractivity contribution is 5.13. The molecule has 0 amide bonds. The van der Waals surface area contributed by atoms with Crippen LogP contribution in [0.3, 0.4) is 0 Å². The van der Waals surface area contributed by atoms with Crippen LogP contribution in [0, 0.1) is 0 Å². The summed E-state index contributed by atoms with van der Waals surface area (Å²) < 4.78 is 15.5. The van der Waals surface area contributed by atoms with Crippen LogP contribution in [-0.2, 0) is 20.8 Å². The van der Waals surface area contributed by atoms with Gasteiger partial charge in [-0.2, -0.15) is 0 Å². The minimum atomic E-state index is 0.278. The zero-order chi connectivity index (χ0) is 9.64. The Morgan fingerprint density at radius 1 is 1.21 bits per heavy atom.